The average Bonchev–Trinajstić information content (AvgIpc) is 2.94. The predicted molar refractivity (Wildman–Crippen MR) is 47.2 cm³/mol. The van der Waals surface area contributed by atoms with Gasteiger partial charge in [-0.1, -0.05) is 0 Å². The van der Waals surface area contributed by atoms with Crippen LogP contribution in [-0.2, 0) is 9.53 Å². The van der Waals surface area contributed by atoms with E-state index in [4.69, 9.17) is 4.74 Å². The number of carbonyl (C=O) groups excluding carboxylic acids is 1. The van der Waals surface area contributed by atoms with Gasteiger partial charge in [0.1, 0.15) is 0 Å². The minimum Gasteiger partial charge on any atom is -0.381 e. The summed E-state index contributed by atoms with van der Waals surface area (Å²) in [5.41, 5.74) is 0. The molecule has 0 heterocycles. The van der Waals surface area contributed by atoms with Gasteiger partial charge in [-0.05, 0) is 25.2 Å². The number of rotatable bonds is 7. The summed E-state index contributed by atoms with van der Waals surface area (Å²) in [6.45, 7) is 1.55. The van der Waals surface area contributed by atoms with Gasteiger partial charge in [0.15, 0.2) is 0 Å². The topological polar surface area (TPSA) is 38.3 Å². The summed E-state index contributed by atoms with van der Waals surface area (Å²) in [7, 11) is 0. The third-order valence-electron chi connectivity index (χ3n) is 2.01. The first-order valence-electron chi connectivity index (χ1n) is 4.83. The molecule has 0 unspecified atom stereocenters. The lowest BCUT2D eigenvalue weighted by Crippen LogP contribution is -2.30. The van der Waals surface area contributed by atoms with Crippen LogP contribution in [0.2, 0.25) is 0 Å². The second-order valence-corrected chi connectivity index (χ2v) is 3.46. The molecular formula is C9H15F2NO2. The normalized spacial score (nSPS) is 15.9. The number of ether oxygens (including phenoxy) is 1. The van der Waals surface area contributed by atoms with Crippen molar-refractivity contribution in [1.82, 2.24) is 5.32 Å². The highest BCUT2D eigenvalue weighted by molar-refractivity contribution is 5.78. The van der Waals surface area contributed by atoms with E-state index in [-0.39, 0.29) is 6.54 Å². The lowest BCUT2D eigenvalue weighted by molar-refractivity contribution is -0.131. The van der Waals surface area contributed by atoms with Gasteiger partial charge in [0.2, 0.25) is 0 Å². The summed E-state index contributed by atoms with van der Waals surface area (Å²) in [6, 6.07) is 0. The third kappa shape index (κ3) is 5.11. The summed E-state index contributed by atoms with van der Waals surface area (Å²) in [5.74, 6) is -0.488. The first kappa shape index (κ1) is 11.4. The second-order valence-electron chi connectivity index (χ2n) is 3.46. The van der Waals surface area contributed by atoms with Crippen LogP contribution in [0.5, 0.6) is 0 Å². The highest BCUT2D eigenvalue weighted by Gasteiger charge is 2.20. The molecule has 1 N–H and O–H groups in total. The molecular weight excluding hydrogens is 192 g/mol. The van der Waals surface area contributed by atoms with Crippen molar-refractivity contribution in [3.63, 3.8) is 0 Å². The number of alkyl halides is 2. The van der Waals surface area contributed by atoms with E-state index in [2.05, 4.69) is 5.32 Å². The minimum atomic E-state index is -2.91. The Balaban J connectivity index is 1.81. The van der Waals surface area contributed by atoms with Crippen molar-refractivity contribution in [2.24, 2.45) is 5.92 Å². The Bertz CT molecular complexity index is 184. The predicted octanol–water partition coefficient (Wildman–Crippen LogP) is 1.18. The van der Waals surface area contributed by atoms with Gasteiger partial charge in [0.25, 0.3) is 5.91 Å². The molecule has 0 aromatic heterocycles. The van der Waals surface area contributed by atoms with Crippen molar-refractivity contribution in [1.29, 1.82) is 0 Å². The van der Waals surface area contributed by atoms with Gasteiger partial charge in [0, 0.05) is 19.8 Å². The number of nitrogens with one attached hydrogen (secondary N) is 1. The number of halogens is 2. The van der Waals surface area contributed by atoms with E-state index in [9.17, 15) is 13.6 Å². The molecule has 3 nitrogen and oxygen atoms in total. The fourth-order valence-corrected chi connectivity index (χ4v) is 0.997. The van der Waals surface area contributed by atoms with E-state index >= 15 is 0 Å². The average molecular weight is 207 g/mol. The van der Waals surface area contributed by atoms with Crippen molar-refractivity contribution in [2.75, 3.05) is 19.8 Å². The smallest absolute Gasteiger partial charge is 0.315 e. The molecule has 0 spiro atoms. The number of hydrogen-bond acceptors (Lipinski definition) is 2. The Morgan fingerprint density at radius 2 is 2.21 bits per heavy atom. The zero-order valence-electron chi connectivity index (χ0n) is 7.97. The van der Waals surface area contributed by atoms with Gasteiger partial charge in [0.05, 0.1) is 0 Å². The standard InChI is InChI=1S/C9H15F2NO2/c10-8(11)9(13)12-4-1-5-14-6-7-2-3-7/h7-8H,1-6H2,(H,12,13). The van der Waals surface area contributed by atoms with E-state index in [1.54, 1.807) is 0 Å². The molecule has 1 saturated carbocycles. The Morgan fingerprint density at radius 1 is 1.50 bits per heavy atom. The third-order valence-corrected chi connectivity index (χ3v) is 2.01. The van der Waals surface area contributed by atoms with Crippen molar-refractivity contribution in [3.05, 3.63) is 0 Å². The molecule has 0 bridgehead atoms. The molecule has 0 aliphatic heterocycles. The van der Waals surface area contributed by atoms with Gasteiger partial charge in [-0.15, -0.1) is 0 Å². The van der Waals surface area contributed by atoms with Crippen LogP contribution in [-0.4, -0.2) is 32.1 Å². The lowest BCUT2D eigenvalue weighted by atomic mass is 10.4. The highest BCUT2D eigenvalue weighted by atomic mass is 19.3. The first-order valence-corrected chi connectivity index (χ1v) is 4.83. The van der Waals surface area contributed by atoms with Crippen molar-refractivity contribution < 1.29 is 18.3 Å². The van der Waals surface area contributed by atoms with Crippen LogP contribution in [0.15, 0.2) is 0 Å². The van der Waals surface area contributed by atoms with Crippen LogP contribution in [0.1, 0.15) is 19.3 Å². The molecule has 5 heteroatoms. The summed E-state index contributed by atoms with van der Waals surface area (Å²) in [4.78, 5) is 10.4. The van der Waals surface area contributed by atoms with Crippen molar-refractivity contribution in [2.45, 2.75) is 25.7 Å². The Morgan fingerprint density at radius 3 is 2.79 bits per heavy atom. The zero-order chi connectivity index (χ0) is 10.4. The zero-order valence-corrected chi connectivity index (χ0v) is 7.97. The van der Waals surface area contributed by atoms with Crippen LogP contribution in [0.4, 0.5) is 8.78 Å². The van der Waals surface area contributed by atoms with Crippen LogP contribution in [0.25, 0.3) is 0 Å². The molecule has 1 aliphatic carbocycles. The van der Waals surface area contributed by atoms with E-state index in [0.29, 0.717) is 18.9 Å². The summed E-state index contributed by atoms with van der Waals surface area (Å²) < 4.78 is 28.6. The Hall–Kier alpha value is -0.710. The molecule has 0 saturated heterocycles. The van der Waals surface area contributed by atoms with Gasteiger partial charge < -0.3 is 10.1 Å². The highest BCUT2D eigenvalue weighted by Crippen LogP contribution is 2.28. The SMILES string of the molecule is O=C(NCCCOCC1CC1)C(F)F. The second kappa shape index (κ2) is 5.90. The molecule has 1 aliphatic rings. The van der Waals surface area contributed by atoms with Gasteiger partial charge in [-0.25, -0.2) is 0 Å². The van der Waals surface area contributed by atoms with Crippen molar-refractivity contribution in [3.8, 4) is 0 Å². The van der Waals surface area contributed by atoms with Gasteiger partial charge in [-0.3, -0.25) is 4.79 Å². The van der Waals surface area contributed by atoms with Crippen molar-refractivity contribution >= 4 is 5.91 Å². The summed E-state index contributed by atoms with van der Waals surface area (Å²) in [5, 5.41) is 2.12. The maximum Gasteiger partial charge on any atom is 0.315 e. The maximum atomic E-state index is 11.7. The number of carbonyl (C=O) groups is 1. The van der Waals surface area contributed by atoms with E-state index < -0.39 is 12.3 Å². The van der Waals surface area contributed by atoms with Gasteiger partial charge >= 0.3 is 6.43 Å². The molecule has 0 aromatic rings. The first-order chi connectivity index (χ1) is 6.70. The summed E-state index contributed by atoms with van der Waals surface area (Å²) in [6.07, 6.45) is 0.150. The summed E-state index contributed by atoms with van der Waals surface area (Å²) >= 11 is 0. The van der Waals surface area contributed by atoms with Crippen LogP contribution >= 0.6 is 0 Å². The molecule has 1 rings (SSSR count). The molecule has 82 valence electrons. The molecule has 1 fully saturated rings. The lowest BCUT2D eigenvalue weighted by Gasteiger charge is -2.04. The number of hydrogen-bond donors (Lipinski definition) is 1. The Labute approximate surface area is 81.8 Å². The molecule has 0 aromatic carbocycles. The van der Waals surface area contributed by atoms with Crippen LogP contribution in [0, 0.1) is 5.92 Å². The van der Waals surface area contributed by atoms with E-state index in [1.165, 1.54) is 12.8 Å². The Kier molecular flexibility index (Phi) is 4.79. The molecule has 1 amide bonds. The maximum absolute atomic E-state index is 11.7. The van der Waals surface area contributed by atoms with E-state index in [1.807, 2.05) is 0 Å². The van der Waals surface area contributed by atoms with Gasteiger partial charge in [-0.2, -0.15) is 8.78 Å². The fraction of sp³-hybridized carbons (Fsp3) is 0.889. The van der Waals surface area contributed by atoms with Crippen LogP contribution in [0.3, 0.4) is 0 Å². The number of amides is 1. The monoisotopic (exact) mass is 207 g/mol. The quantitative estimate of drug-likeness (QED) is 0.637. The van der Waals surface area contributed by atoms with E-state index in [0.717, 1.165) is 6.61 Å². The minimum absolute atomic E-state index is 0.258. The molecule has 0 atom stereocenters. The van der Waals surface area contributed by atoms with Crippen LogP contribution < -0.4 is 5.32 Å². The molecule has 0 radical (unpaired) electrons. The largest absolute Gasteiger partial charge is 0.381 e. The fourth-order valence-electron chi connectivity index (χ4n) is 0.997. The molecule has 14 heavy (non-hydrogen) atoms.